The number of rotatable bonds is 44. The first-order valence-electron chi connectivity index (χ1n) is 24.0. The summed E-state index contributed by atoms with van der Waals surface area (Å²) in [6, 6.07) is 0. The molecule has 0 heterocycles. The van der Waals surface area contributed by atoms with E-state index in [1.807, 2.05) is 6.92 Å². The van der Waals surface area contributed by atoms with Crippen LogP contribution in [-0.4, -0.2) is 68.1 Å². The Morgan fingerprint density at radius 3 is 1.58 bits per heavy atom. The predicted octanol–water partition coefficient (Wildman–Crippen LogP) is 13.7. The number of carbonyl (C=O) groups is 2. The topological polar surface area (TPSA) is 76.1 Å². The highest BCUT2D eigenvalue weighted by Crippen LogP contribution is 2.20. The van der Waals surface area contributed by atoms with Crippen LogP contribution in [0.1, 0.15) is 233 Å². The molecular formula is C48H94FNO5. The fourth-order valence-corrected chi connectivity index (χ4v) is 7.54. The Kier molecular flexibility index (Phi) is 41.5. The lowest BCUT2D eigenvalue weighted by Crippen LogP contribution is -2.27. The number of carbonyl (C=O) groups excluding carboxylic acids is 2. The van der Waals surface area contributed by atoms with E-state index in [-0.39, 0.29) is 31.1 Å². The number of alkyl halides is 1. The van der Waals surface area contributed by atoms with Gasteiger partial charge in [0.1, 0.15) is 0 Å². The van der Waals surface area contributed by atoms with Crippen LogP contribution in [0.5, 0.6) is 0 Å². The van der Waals surface area contributed by atoms with E-state index in [1.165, 1.54) is 103 Å². The Bertz CT molecular complexity index is 811. The molecule has 0 saturated carbocycles. The van der Waals surface area contributed by atoms with E-state index in [0.29, 0.717) is 32.0 Å². The molecule has 0 bridgehead atoms. The van der Waals surface area contributed by atoms with Gasteiger partial charge in [-0.05, 0) is 95.7 Å². The van der Waals surface area contributed by atoms with Gasteiger partial charge in [-0.15, -0.1) is 0 Å². The Hall–Kier alpha value is -1.21. The van der Waals surface area contributed by atoms with Crippen molar-refractivity contribution in [2.75, 3.05) is 46.1 Å². The summed E-state index contributed by atoms with van der Waals surface area (Å²) in [5.41, 5.74) is 0. The van der Waals surface area contributed by atoms with Gasteiger partial charge in [-0.25, -0.2) is 0 Å². The van der Waals surface area contributed by atoms with Gasteiger partial charge in [0.15, 0.2) is 0 Å². The SMILES string of the molecule is CCCCCCC(CCCCCCCCF)COC(=O)CCCCCCCN(CCCCO)CCCCCCC(C)C(=O)OCCCCCCCCC(C)C. The Morgan fingerprint density at radius 2 is 1.02 bits per heavy atom. The zero-order valence-electron chi connectivity index (χ0n) is 37.2. The van der Waals surface area contributed by atoms with Crippen LogP contribution in [0.3, 0.4) is 0 Å². The lowest BCUT2D eigenvalue weighted by atomic mass is 9.95. The third kappa shape index (κ3) is 39.4. The van der Waals surface area contributed by atoms with Gasteiger partial charge in [-0.1, -0.05) is 163 Å². The van der Waals surface area contributed by atoms with Crippen molar-refractivity contribution < 1.29 is 28.6 Å². The second kappa shape index (κ2) is 42.4. The summed E-state index contributed by atoms with van der Waals surface area (Å²) >= 11 is 0. The van der Waals surface area contributed by atoms with Crippen LogP contribution in [0.2, 0.25) is 0 Å². The molecule has 2 atom stereocenters. The van der Waals surface area contributed by atoms with Crippen molar-refractivity contribution in [1.29, 1.82) is 0 Å². The molecule has 0 aromatic heterocycles. The average molecular weight is 784 g/mol. The van der Waals surface area contributed by atoms with Gasteiger partial charge in [0.25, 0.3) is 0 Å². The Balaban J connectivity index is 4.08. The number of nitrogens with zero attached hydrogens (tertiary/aromatic N) is 1. The van der Waals surface area contributed by atoms with Gasteiger partial charge in [0.2, 0.25) is 0 Å². The molecular weight excluding hydrogens is 690 g/mol. The van der Waals surface area contributed by atoms with Gasteiger partial charge in [0.05, 0.1) is 25.8 Å². The van der Waals surface area contributed by atoms with Gasteiger partial charge in [0, 0.05) is 13.0 Å². The van der Waals surface area contributed by atoms with Crippen molar-refractivity contribution >= 4 is 11.9 Å². The molecule has 0 saturated heterocycles. The number of ether oxygens (including phenoxy) is 2. The van der Waals surface area contributed by atoms with E-state index in [0.717, 1.165) is 115 Å². The maximum Gasteiger partial charge on any atom is 0.308 e. The van der Waals surface area contributed by atoms with Gasteiger partial charge >= 0.3 is 11.9 Å². The molecule has 0 rings (SSSR count). The Labute approximate surface area is 341 Å². The minimum absolute atomic E-state index is 0.00889. The summed E-state index contributed by atoms with van der Waals surface area (Å²) in [7, 11) is 0. The molecule has 328 valence electrons. The van der Waals surface area contributed by atoms with Crippen molar-refractivity contribution in [3.05, 3.63) is 0 Å². The van der Waals surface area contributed by atoms with Gasteiger partial charge < -0.3 is 19.5 Å². The highest BCUT2D eigenvalue weighted by atomic mass is 19.1. The van der Waals surface area contributed by atoms with Crippen LogP contribution in [-0.2, 0) is 19.1 Å². The fourth-order valence-electron chi connectivity index (χ4n) is 7.54. The van der Waals surface area contributed by atoms with Crippen molar-refractivity contribution in [1.82, 2.24) is 4.90 Å². The van der Waals surface area contributed by atoms with E-state index in [4.69, 9.17) is 9.47 Å². The number of hydrogen-bond acceptors (Lipinski definition) is 6. The Morgan fingerprint density at radius 1 is 0.545 bits per heavy atom. The van der Waals surface area contributed by atoms with Crippen LogP contribution in [0, 0.1) is 17.8 Å². The molecule has 6 nitrogen and oxygen atoms in total. The van der Waals surface area contributed by atoms with E-state index < -0.39 is 0 Å². The largest absolute Gasteiger partial charge is 0.465 e. The van der Waals surface area contributed by atoms with Crippen molar-refractivity contribution in [3.63, 3.8) is 0 Å². The summed E-state index contributed by atoms with van der Waals surface area (Å²) < 4.78 is 23.6. The third-order valence-electron chi connectivity index (χ3n) is 11.4. The minimum atomic E-state index is -0.194. The molecule has 0 radical (unpaired) electrons. The van der Waals surface area contributed by atoms with Crippen LogP contribution in [0.25, 0.3) is 0 Å². The summed E-state index contributed by atoms with van der Waals surface area (Å²) in [6.45, 7) is 13.3. The van der Waals surface area contributed by atoms with Crippen molar-refractivity contribution in [2.24, 2.45) is 17.8 Å². The van der Waals surface area contributed by atoms with Crippen molar-refractivity contribution in [3.8, 4) is 0 Å². The molecule has 0 spiro atoms. The molecule has 0 fully saturated rings. The summed E-state index contributed by atoms with van der Waals surface area (Å²) in [5.74, 6) is 1.22. The quantitative estimate of drug-likeness (QED) is 0.0490. The zero-order valence-corrected chi connectivity index (χ0v) is 37.2. The molecule has 0 aromatic carbocycles. The predicted molar refractivity (Wildman–Crippen MR) is 232 cm³/mol. The first kappa shape index (κ1) is 53.8. The first-order chi connectivity index (χ1) is 26.8. The van der Waals surface area contributed by atoms with E-state index in [9.17, 15) is 19.1 Å². The molecule has 0 amide bonds. The molecule has 0 aliphatic rings. The third-order valence-corrected chi connectivity index (χ3v) is 11.4. The smallest absolute Gasteiger partial charge is 0.308 e. The maximum absolute atomic E-state index is 12.5. The number of unbranched alkanes of at least 4 members (excludes halogenated alkanes) is 21. The summed E-state index contributed by atoms with van der Waals surface area (Å²) in [4.78, 5) is 27.5. The highest BCUT2D eigenvalue weighted by Gasteiger charge is 2.15. The molecule has 0 aliphatic carbocycles. The molecule has 0 aliphatic heterocycles. The lowest BCUT2D eigenvalue weighted by molar-refractivity contribution is -0.148. The maximum atomic E-state index is 12.5. The zero-order chi connectivity index (χ0) is 40.5. The molecule has 2 unspecified atom stereocenters. The van der Waals surface area contributed by atoms with Crippen LogP contribution in [0.15, 0.2) is 0 Å². The number of esters is 2. The molecule has 1 N–H and O–H groups in total. The summed E-state index contributed by atoms with van der Waals surface area (Å²) in [5, 5.41) is 9.29. The second-order valence-electron chi connectivity index (χ2n) is 17.4. The standard InChI is InChI=1S/C48H94FNO5/c1-5-6-7-23-34-46(35-24-14-8-10-17-26-37-49)43-55-47(52)36-25-15-12-18-27-38-50(40-29-30-41-51)39-28-19-16-22-33-45(4)48(53)54-42-31-20-11-9-13-21-32-44(2)3/h44-46,51H,5-43H2,1-4H3. The van der Waals surface area contributed by atoms with Crippen LogP contribution < -0.4 is 0 Å². The fraction of sp³-hybridized carbons (Fsp3) is 0.958. The van der Waals surface area contributed by atoms with Crippen molar-refractivity contribution in [2.45, 2.75) is 233 Å². The van der Waals surface area contributed by atoms with E-state index in [2.05, 4.69) is 25.7 Å². The second-order valence-corrected chi connectivity index (χ2v) is 17.4. The van der Waals surface area contributed by atoms with Gasteiger partial charge in [-0.2, -0.15) is 0 Å². The minimum Gasteiger partial charge on any atom is -0.465 e. The number of aliphatic hydroxyl groups is 1. The first-order valence-corrected chi connectivity index (χ1v) is 24.0. The number of aliphatic hydroxyl groups excluding tert-OH is 1. The van der Waals surface area contributed by atoms with E-state index >= 15 is 0 Å². The number of hydrogen-bond donors (Lipinski definition) is 1. The molecule has 0 aromatic rings. The average Bonchev–Trinajstić information content (AvgIpc) is 3.17. The number of halogens is 1. The normalized spacial score (nSPS) is 12.8. The van der Waals surface area contributed by atoms with Gasteiger partial charge in [-0.3, -0.25) is 14.0 Å². The summed E-state index contributed by atoms with van der Waals surface area (Å²) in [6.07, 6.45) is 35.8. The highest BCUT2D eigenvalue weighted by molar-refractivity contribution is 5.71. The van der Waals surface area contributed by atoms with Crippen LogP contribution in [0.4, 0.5) is 4.39 Å². The lowest BCUT2D eigenvalue weighted by Gasteiger charge is -2.22. The molecule has 55 heavy (non-hydrogen) atoms. The van der Waals surface area contributed by atoms with E-state index in [1.54, 1.807) is 0 Å². The molecule has 7 heteroatoms. The van der Waals surface area contributed by atoms with Crippen LogP contribution >= 0.6 is 0 Å². The monoisotopic (exact) mass is 784 g/mol.